The van der Waals surface area contributed by atoms with E-state index in [4.69, 9.17) is 4.52 Å². The lowest BCUT2D eigenvalue weighted by Gasteiger charge is -2.25. The van der Waals surface area contributed by atoms with Crippen LogP contribution in [0.25, 0.3) is 0 Å². The zero-order valence-corrected chi connectivity index (χ0v) is 16.1. The van der Waals surface area contributed by atoms with E-state index in [1.54, 1.807) is 13.0 Å². The maximum atomic E-state index is 12.1. The van der Waals surface area contributed by atoms with Crippen molar-refractivity contribution in [3.8, 4) is 0 Å². The smallest absolute Gasteiger partial charge is 0.314 e. The molecule has 2 amide bonds. The summed E-state index contributed by atoms with van der Waals surface area (Å²) in [6.45, 7) is 3.05. The first-order chi connectivity index (χ1) is 12.8. The van der Waals surface area contributed by atoms with E-state index in [0.717, 1.165) is 18.5 Å². The number of benzene rings is 1. The Bertz CT molecular complexity index is 846. The molecule has 1 unspecified atom stereocenters. The van der Waals surface area contributed by atoms with Gasteiger partial charge in [-0.2, -0.15) is 0 Å². The fourth-order valence-corrected chi connectivity index (χ4v) is 3.26. The fourth-order valence-electron chi connectivity index (χ4n) is 3.26. The molecule has 0 saturated carbocycles. The van der Waals surface area contributed by atoms with Crippen molar-refractivity contribution in [2.24, 2.45) is 0 Å². The molecule has 0 aliphatic carbocycles. The molecular formula is C19H25N5O3. The lowest BCUT2D eigenvalue weighted by molar-refractivity contribution is -0.136. The Morgan fingerprint density at radius 1 is 1.30 bits per heavy atom. The molecule has 0 radical (unpaired) electrons. The molecule has 0 bridgehead atoms. The number of aromatic nitrogens is 1. The highest BCUT2D eigenvalue weighted by molar-refractivity contribution is 6.39. The van der Waals surface area contributed by atoms with Crippen LogP contribution in [-0.2, 0) is 16.0 Å². The van der Waals surface area contributed by atoms with Crippen molar-refractivity contribution in [3.05, 3.63) is 41.2 Å². The monoisotopic (exact) mass is 371 g/mol. The Kier molecular flexibility index (Phi) is 5.46. The summed E-state index contributed by atoms with van der Waals surface area (Å²) in [6, 6.07) is 7.90. The number of rotatable bonds is 5. The highest BCUT2D eigenvalue weighted by Gasteiger charge is 2.22. The Labute approximate surface area is 158 Å². The van der Waals surface area contributed by atoms with Gasteiger partial charge in [-0.25, -0.2) is 0 Å². The van der Waals surface area contributed by atoms with E-state index in [1.165, 1.54) is 11.3 Å². The van der Waals surface area contributed by atoms with E-state index in [2.05, 4.69) is 45.9 Å². The molecule has 2 aromatic rings. The largest absolute Gasteiger partial charge is 0.374 e. The number of carbonyl (C=O) groups excluding carboxylic acids is 2. The Balaban J connectivity index is 1.63. The van der Waals surface area contributed by atoms with Crippen molar-refractivity contribution in [1.82, 2.24) is 15.4 Å². The first kappa shape index (κ1) is 18.9. The third-order valence-corrected chi connectivity index (χ3v) is 4.77. The van der Waals surface area contributed by atoms with E-state index >= 15 is 0 Å². The minimum absolute atomic E-state index is 0.0350. The molecular weight excluding hydrogens is 346 g/mol. The Morgan fingerprint density at radius 2 is 2.07 bits per heavy atom. The van der Waals surface area contributed by atoms with Gasteiger partial charge in [0.15, 0.2) is 5.82 Å². The first-order valence-corrected chi connectivity index (χ1v) is 8.88. The van der Waals surface area contributed by atoms with Gasteiger partial charge in [0, 0.05) is 31.9 Å². The van der Waals surface area contributed by atoms with E-state index in [0.29, 0.717) is 12.3 Å². The maximum absolute atomic E-state index is 12.1. The molecule has 3 rings (SSSR count). The average molecular weight is 371 g/mol. The quantitative estimate of drug-likeness (QED) is 0.771. The lowest BCUT2D eigenvalue weighted by atomic mass is 10.0. The van der Waals surface area contributed by atoms with Gasteiger partial charge in [0.25, 0.3) is 0 Å². The molecule has 2 heterocycles. The van der Waals surface area contributed by atoms with Crippen molar-refractivity contribution < 1.29 is 14.1 Å². The minimum Gasteiger partial charge on any atom is -0.374 e. The van der Waals surface area contributed by atoms with Crippen molar-refractivity contribution in [3.63, 3.8) is 0 Å². The van der Waals surface area contributed by atoms with Crippen LogP contribution in [0.1, 0.15) is 22.9 Å². The van der Waals surface area contributed by atoms with E-state index in [1.807, 2.05) is 19.0 Å². The van der Waals surface area contributed by atoms with Crippen LogP contribution in [0.15, 0.2) is 28.8 Å². The van der Waals surface area contributed by atoms with Crippen LogP contribution in [0.4, 0.5) is 11.5 Å². The zero-order chi connectivity index (χ0) is 19.6. The van der Waals surface area contributed by atoms with Crippen LogP contribution in [0.3, 0.4) is 0 Å². The highest BCUT2D eigenvalue weighted by atomic mass is 16.5. The van der Waals surface area contributed by atoms with E-state index in [9.17, 15) is 9.59 Å². The number of amides is 2. The predicted octanol–water partition coefficient (Wildman–Crippen LogP) is 1.33. The predicted molar refractivity (Wildman–Crippen MR) is 103 cm³/mol. The van der Waals surface area contributed by atoms with Crippen LogP contribution in [-0.4, -0.2) is 56.1 Å². The van der Waals surface area contributed by atoms with Crippen LogP contribution in [0.5, 0.6) is 0 Å². The molecule has 1 aromatic carbocycles. The van der Waals surface area contributed by atoms with Crippen molar-refractivity contribution in [2.45, 2.75) is 19.4 Å². The van der Waals surface area contributed by atoms with E-state index in [-0.39, 0.29) is 11.9 Å². The number of anilines is 2. The number of nitrogens with zero attached hydrogens (tertiary/aromatic N) is 3. The molecule has 8 nitrogen and oxygen atoms in total. The summed E-state index contributed by atoms with van der Waals surface area (Å²) in [7, 11) is 5.99. The third kappa shape index (κ3) is 4.28. The second-order valence-corrected chi connectivity index (χ2v) is 7.03. The molecule has 0 spiro atoms. The van der Waals surface area contributed by atoms with Gasteiger partial charge in [0.05, 0.1) is 6.04 Å². The topological polar surface area (TPSA) is 90.7 Å². The summed E-state index contributed by atoms with van der Waals surface area (Å²) in [5, 5.41) is 8.77. The first-order valence-electron chi connectivity index (χ1n) is 8.88. The number of likely N-dealkylation sites (N-methyl/N-ethyl adjacent to an activating group) is 2. The molecule has 2 N–H and O–H groups in total. The summed E-state index contributed by atoms with van der Waals surface area (Å²) in [5.74, 6) is -0.694. The molecule has 0 saturated heterocycles. The molecule has 8 heteroatoms. The van der Waals surface area contributed by atoms with Crippen LogP contribution < -0.4 is 15.5 Å². The van der Waals surface area contributed by atoms with Gasteiger partial charge in [-0.15, -0.1) is 0 Å². The van der Waals surface area contributed by atoms with Crippen molar-refractivity contribution >= 4 is 23.3 Å². The number of fused-ring (bicyclic) bond motifs is 1. The van der Waals surface area contributed by atoms with Crippen LogP contribution >= 0.6 is 0 Å². The van der Waals surface area contributed by atoms with Gasteiger partial charge in [0.2, 0.25) is 0 Å². The molecule has 1 aliphatic heterocycles. The maximum Gasteiger partial charge on any atom is 0.314 e. The van der Waals surface area contributed by atoms with Crippen molar-refractivity contribution in [2.75, 3.05) is 44.4 Å². The van der Waals surface area contributed by atoms with E-state index < -0.39 is 11.8 Å². The molecule has 144 valence electrons. The van der Waals surface area contributed by atoms with Gasteiger partial charge in [-0.3, -0.25) is 14.9 Å². The fraction of sp³-hybridized carbons (Fsp3) is 0.421. The second-order valence-electron chi connectivity index (χ2n) is 7.03. The number of nitrogens with one attached hydrogen (secondary N) is 2. The van der Waals surface area contributed by atoms with Crippen LogP contribution in [0.2, 0.25) is 0 Å². The summed E-state index contributed by atoms with van der Waals surface area (Å²) >= 11 is 0. The molecule has 0 fully saturated rings. The highest BCUT2D eigenvalue weighted by Crippen LogP contribution is 2.30. The third-order valence-electron chi connectivity index (χ3n) is 4.77. The van der Waals surface area contributed by atoms with Crippen LogP contribution in [0, 0.1) is 6.92 Å². The van der Waals surface area contributed by atoms with Gasteiger partial charge in [-0.05, 0) is 44.6 Å². The van der Waals surface area contributed by atoms with Gasteiger partial charge < -0.3 is 19.6 Å². The lowest BCUT2D eigenvalue weighted by Crippen LogP contribution is -2.40. The Hall–Kier alpha value is -2.87. The summed E-state index contributed by atoms with van der Waals surface area (Å²) in [5.41, 5.74) is 3.68. The van der Waals surface area contributed by atoms with Gasteiger partial charge >= 0.3 is 11.8 Å². The molecule has 1 atom stereocenters. The SMILES string of the molecule is Cc1cc(NC(=O)C(=O)NCC(c2ccc3c(c2)CCN3C)N(C)C)no1. The second kappa shape index (κ2) is 7.79. The number of aryl methyl sites for hydroxylation is 1. The average Bonchev–Trinajstić information content (AvgIpc) is 3.20. The van der Waals surface area contributed by atoms with Crippen molar-refractivity contribution in [1.29, 1.82) is 0 Å². The molecule has 1 aliphatic rings. The number of hydrogen-bond acceptors (Lipinski definition) is 6. The molecule has 1 aromatic heterocycles. The van der Waals surface area contributed by atoms with Gasteiger partial charge in [0.1, 0.15) is 5.76 Å². The summed E-state index contributed by atoms with van der Waals surface area (Å²) < 4.78 is 4.87. The zero-order valence-electron chi connectivity index (χ0n) is 16.1. The number of hydrogen-bond donors (Lipinski definition) is 2. The standard InChI is InChI=1S/C19H25N5O3/c1-12-9-17(22-27-12)21-19(26)18(25)20-11-16(23(2)3)13-5-6-15-14(10-13)7-8-24(15)4/h5-6,9-10,16H,7-8,11H2,1-4H3,(H,20,25)(H,21,22,26). The van der Waals surface area contributed by atoms with Gasteiger partial charge in [-0.1, -0.05) is 17.3 Å². The minimum atomic E-state index is -0.767. The normalized spacial score (nSPS) is 14.2. The molecule has 27 heavy (non-hydrogen) atoms. The number of carbonyl (C=O) groups is 2. The Morgan fingerprint density at radius 3 is 2.74 bits per heavy atom. The summed E-state index contributed by atoms with van der Waals surface area (Å²) in [6.07, 6.45) is 1.02. The summed E-state index contributed by atoms with van der Waals surface area (Å²) in [4.78, 5) is 28.4.